The van der Waals surface area contributed by atoms with Crippen LogP contribution in [0, 0.1) is 0 Å². The second kappa shape index (κ2) is 11.6. The second-order valence-corrected chi connectivity index (χ2v) is 8.98. The number of pyridine rings is 1. The molecule has 0 saturated carbocycles. The Bertz CT molecular complexity index is 1440. The molecule has 1 aliphatic heterocycles. The Hall–Kier alpha value is -4.65. The zero-order chi connectivity index (χ0) is 26.3. The van der Waals surface area contributed by atoms with Gasteiger partial charge in [0.2, 0.25) is 0 Å². The van der Waals surface area contributed by atoms with Crippen LogP contribution in [-0.2, 0) is 19.5 Å². The number of aliphatic imine (C=N–C) groups is 1. The van der Waals surface area contributed by atoms with E-state index in [0.717, 1.165) is 41.1 Å². The summed E-state index contributed by atoms with van der Waals surface area (Å²) in [5, 5.41) is 0. The molecule has 192 valence electrons. The summed E-state index contributed by atoms with van der Waals surface area (Å²) in [7, 11) is 3.27. The molecule has 0 unspecified atom stereocenters. The molecule has 4 aromatic rings. The van der Waals surface area contributed by atoms with Gasteiger partial charge in [-0.25, -0.2) is 4.99 Å². The maximum absolute atomic E-state index is 11.6. The van der Waals surface area contributed by atoms with E-state index in [0.29, 0.717) is 30.3 Å². The number of hydrogen-bond donors (Lipinski definition) is 0. The smallest absolute Gasteiger partial charge is 0.170 e. The molecule has 0 fully saturated rings. The van der Waals surface area contributed by atoms with Gasteiger partial charge in [0, 0.05) is 36.5 Å². The third kappa shape index (κ3) is 5.67. The van der Waals surface area contributed by atoms with Crippen molar-refractivity contribution in [3.8, 4) is 17.2 Å². The standard InChI is InChI=1S/C31H29N3O4/c1-36-27-13-10-24(29(17-27)37-2)18-34-19-25-14-15-32-28(20-35)31(25)33-30(34)21-38-26-11-8-23(9-12-26)16-22-6-4-3-5-7-22/h3-15,17,20H,16,18-19,21H2,1-2H3. The van der Waals surface area contributed by atoms with Gasteiger partial charge in [0.1, 0.15) is 35.4 Å². The third-order valence-corrected chi connectivity index (χ3v) is 6.51. The van der Waals surface area contributed by atoms with E-state index in [2.05, 4.69) is 46.3 Å². The summed E-state index contributed by atoms with van der Waals surface area (Å²) in [4.78, 5) is 22.8. The van der Waals surface area contributed by atoms with Crippen molar-refractivity contribution in [1.29, 1.82) is 0 Å². The largest absolute Gasteiger partial charge is 0.497 e. The van der Waals surface area contributed by atoms with Gasteiger partial charge in [0.05, 0.1) is 19.9 Å². The Morgan fingerprint density at radius 2 is 1.66 bits per heavy atom. The van der Waals surface area contributed by atoms with Crippen molar-refractivity contribution in [1.82, 2.24) is 9.88 Å². The van der Waals surface area contributed by atoms with Gasteiger partial charge in [-0.3, -0.25) is 9.78 Å². The summed E-state index contributed by atoms with van der Waals surface area (Å²) in [5.41, 5.74) is 5.31. The molecule has 3 aromatic carbocycles. The molecular weight excluding hydrogens is 478 g/mol. The first kappa shape index (κ1) is 25.0. The summed E-state index contributed by atoms with van der Waals surface area (Å²) < 4.78 is 17.1. The van der Waals surface area contributed by atoms with Gasteiger partial charge in [-0.15, -0.1) is 0 Å². The van der Waals surface area contributed by atoms with Crippen molar-refractivity contribution in [2.24, 2.45) is 4.99 Å². The number of hydrogen-bond acceptors (Lipinski definition) is 7. The fraction of sp³-hybridized carbons (Fsp3) is 0.194. The van der Waals surface area contributed by atoms with Crippen LogP contribution in [-0.4, -0.2) is 42.8 Å². The third-order valence-electron chi connectivity index (χ3n) is 6.51. The van der Waals surface area contributed by atoms with Gasteiger partial charge in [-0.2, -0.15) is 0 Å². The molecule has 7 nitrogen and oxygen atoms in total. The van der Waals surface area contributed by atoms with Crippen LogP contribution in [0.5, 0.6) is 17.2 Å². The molecule has 0 N–H and O–H groups in total. The number of amidine groups is 1. The highest BCUT2D eigenvalue weighted by molar-refractivity contribution is 5.92. The number of carbonyl (C=O) groups is 1. The minimum atomic E-state index is 0.239. The van der Waals surface area contributed by atoms with E-state index in [1.165, 1.54) is 11.1 Å². The molecule has 1 aromatic heterocycles. The minimum Gasteiger partial charge on any atom is -0.497 e. The average Bonchev–Trinajstić information content (AvgIpc) is 2.97. The zero-order valence-electron chi connectivity index (χ0n) is 21.5. The van der Waals surface area contributed by atoms with E-state index in [4.69, 9.17) is 19.2 Å². The number of carbonyl (C=O) groups excluding carboxylic acids is 1. The van der Waals surface area contributed by atoms with Gasteiger partial charge in [0.25, 0.3) is 0 Å². The summed E-state index contributed by atoms with van der Waals surface area (Å²) in [6.45, 7) is 1.35. The molecule has 0 saturated heterocycles. The lowest BCUT2D eigenvalue weighted by Gasteiger charge is -2.31. The molecule has 0 bridgehead atoms. The average molecular weight is 508 g/mol. The monoisotopic (exact) mass is 507 g/mol. The fourth-order valence-corrected chi connectivity index (χ4v) is 4.49. The number of fused-ring (bicyclic) bond motifs is 1. The highest BCUT2D eigenvalue weighted by Gasteiger charge is 2.24. The molecule has 38 heavy (non-hydrogen) atoms. The predicted molar refractivity (Wildman–Crippen MR) is 147 cm³/mol. The van der Waals surface area contributed by atoms with Crippen molar-refractivity contribution in [3.63, 3.8) is 0 Å². The fourth-order valence-electron chi connectivity index (χ4n) is 4.49. The van der Waals surface area contributed by atoms with Gasteiger partial charge in [0.15, 0.2) is 6.29 Å². The van der Waals surface area contributed by atoms with Crippen LogP contribution in [0.3, 0.4) is 0 Å². The van der Waals surface area contributed by atoms with Crippen molar-refractivity contribution in [2.45, 2.75) is 19.5 Å². The Kier molecular flexibility index (Phi) is 7.64. The van der Waals surface area contributed by atoms with Crippen molar-refractivity contribution < 1.29 is 19.0 Å². The number of aromatic nitrogens is 1. The summed E-state index contributed by atoms with van der Waals surface area (Å²) in [6, 6.07) is 26.1. The molecule has 0 aliphatic carbocycles. The van der Waals surface area contributed by atoms with Crippen molar-refractivity contribution in [3.05, 3.63) is 113 Å². The Balaban J connectivity index is 1.37. The van der Waals surface area contributed by atoms with Crippen LogP contribution >= 0.6 is 0 Å². The first-order valence-corrected chi connectivity index (χ1v) is 12.4. The zero-order valence-corrected chi connectivity index (χ0v) is 21.5. The van der Waals surface area contributed by atoms with E-state index >= 15 is 0 Å². The topological polar surface area (TPSA) is 73.2 Å². The van der Waals surface area contributed by atoms with Crippen LogP contribution in [0.4, 0.5) is 5.69 Å². The van der Waals surface area contributed by atoms with Gasteiger partial charge < -0.3 is 19.1 Å². The maximum Gasteiger partial charge on any atom is 0.170 e. The SMILES string of the molecule is COc1ccc(CN2Cc3ccnc(C=O)c3N=C2COc2ccc(Cc3ccccc3)cc2)c(OC)c1. The number of methoxy groups -OCH3 is 2. The summed E-state index contributed by atoms with van der Waals surface area (Å²) in [5.74, 6) is 2.91. The first-order chi connectivity index (χ1) is 18.7. The molecule has 7 heteroatoms. The molecule has 0 amide bonds. The second-order valence-electron chi connectivity index (χ2n) is 8.98. The number of benzene rings is 3. The molecule has 2 heterocycles. The Morgan fingerprint density at radius 1 is 0.895 bits per heavy atom. The minimum absolute atomic E-state index is 0.239. The lowest BCUT2D eigenvalue weighted by atomic mass is 10.1. The predicted octanol–water partition coefficient (Wildman–Crippen LogP) is 5.63. The highest BCUT2D eigenvalue weighted by Crippen LogP contribution is 2.32. The molecular formula is C31H29N3O4. The first-order valence-electron chi connectivity index (χ1n) is 12.4. The van der Waals surface area contributed by atoms with E-state index in [1.54, 1.807) is 20.4 Å². The molecule has 5 rings (SSSR count). The van der Waals surface area contributed by atoms with Gasteiger partial charge >= 0.3 is 0 Å². The normalized spacial score (nSPS) is 12.4. The molecule has 1 aliphatic rings. The lowest BCUT2D eigenvalue weighted by molar-refractivity contribution is 0.111. The van der Waals surface area contributed by atoms with Crippen LogP contribution in [0.1, 0.15) is 32.7 Å². The molecule has 0 radical (unpaired) electrons. The van der Waals surface area contributed by atoms with Crippen molar-refractivity contribution >= 4 is 17.8 Å². The van der Waals surface area contributed by atoms with E-state index < -0.39 is 0 Å². The molecule has 0 spiro atoms. The van der Waals surface area contributed by atoms with Crippen LogP contribution in [0.25, 0.3) is 0 Å². The Morgan fingerprint density at radius 3 is 2.39 bits per heavy atom. The van der Waals surface area contributed by atoms with E-state index in [-0.39, 0.29) is 6.61 Å². The number of aldehydes is 1. The van der Waals surface area contributed by atoms with Crippen LogP contribution < -0.4 is 14.2 Å². The van der Waals surface area contributed by atoms with Gasteiger partial charge in [-0.1, -0.05) is 42.5 Å². The van der Waals surface area contributed by atoms with E-state index in [1.807, 2.05) is 42.5 Å². The Labute approximate surface area is 222 Å². The van der Waals surface area contributed by atoms with Crippen molar-refractivity contribution in [2.75, 3.05) is 20.8 Å². The van der Waals surface area contributed by atoms with E-state index in [9.17, 15) is 4.79 Å². The molecule has 0 atom stereocenters. The lowest BCUT2D eigenvalue weighted by Crippen LogP contribution is -2.36. The van der Waals surface area contributed by atoms with Crippen LogP contribution in [0.15, 0.2) is 90.1 Å². The number of nitrogens with zero attached hydrogens (tertiary/aromatic N) is 3. The number of rotatable bonds is 10. The number of ether oxygens (including phenoxy) is 3. The van der Waals surface area contributed by atoms with Gasteiger partial charge in [-0.05, 0) is 47.9 Å². The summed E-state index contributed by atoms with van der Waals surface area (Å²) in [6.07, 6.45) is 3.25. The quantitative estimate of drug-likeness (QED) is 0.259. The van der Waals surface area contributed by atoms with Crippen LogP contribution in [0.2, 0.25) is 0 Å². The highest BCUT2D eigenvalue weighted by atomic mass is 16.5. The maximum atomic E-state index is 11.6. The summed E-state index contributed by atoms with van der Waals surface area (Å²) >= 11 is 0.